The zero-order chi connectivity index (χ0) is 20.1. The molecule has 0 radical (unpaired) electrons. The molecule has 152 valence electrons. The van der Waals surface area contributed by atoms with Gasteiger partial charge in [0.25, 0.3) is 0 Å². The molecule has 8 heteroatoms. The topological polar surface area (TPSA) is 80.5 Å². The highest BCUT2D eigenvalue weighted by atomic mass is 32.2. The first-order valence-electron chi connectivity index (χ1n) is 9.50. The SMILES string of the molecule is CS(=O)(=O)C1CN(CCCCCCC(=O)c2cc(-c3ccc(F)cc3)on2)C1. The number of benzene rings is 1. The Labute approximate surface area is 164 Å². The third-order valence-electron chi connectivity index (χ3n) is 5.08. The van der Waals surface area contributed by atoms with Crippen LogP contribution in [0.4, 0.5) is 4.39 Å². The number of nitrogens with zero attached hydrogens (tertiary/aromatic N) is 2. The van der Waals surface area contributed by atoms with Gasteiger partial charge in [-0.25, -0.2) is 12.8 Å². The second-order valence-electron chi connectivity index (χ2n) is 7.38. The summed E-state index contributed by atoms with van der Waals surface area (Å²) in [7, 11) is -2.90. The van der Waals surface area contributed by atoms with Crippen molar-refractivity contribution >= 4 is 15.6 Å². The van der Waals surface area contributed by atoms with Gasteiger partial charge in [-0.2, -0.15) is 0 Å². The van der Waals surface area contributed by atoms with Crippen LogP contribution in [0, 0.1) is 5.82 Å². The maximum absolute atomic E-state index is 13.0. The van der Waals surface area contributed by atoms with E-state index >= 15 is 0 Å². The number of unbranched alkanes of at least 4 members (excludes halogenated alkanes) is 3. The minimum Gasteiger partial charge on any atom is -0.356 e. The lowest BCUT2D eigenvalue weighted by molar-refractivity contribution is 0.0970. The lowest BCUT2D eigenvalue weighted by Gasteiger charge is -2.37. The van der Waals surface area contributed by atoms with Crippen molar-refractivity contribution in [1.29, 1.82) is 0 Å². The highest BCUT2D eigenvalue weighted by Crippen LogP contribution is 2.22. The molecule has 0 unspecified atom stereocenters. The van der Waals surface area contributed by atoms with Crippen LogP contribution in [0.3, 0.4) is 0 Å². The quantitative estimate of drug-likeness (QED) is 0.443. The number of hydrogen-bond acceptors (Lipinski definition) is 6. The number of rotatable bonds is 10. The summed E-state index contributed by atoms with van der Waals surface area (Å²) in [4.78, 5) is 14.4. The van der Waals surface area contributed by atoms with Crippen molar-refractivity contribution in [2.75, 3.05) is 25.9 Å². The van der Waals surface area contributed by atoms with Crippen molar-refractivity contribution < 1.29 is 22.1 Å². The molecule has 1 fully saturated rings. The highest BCUT2D eigenvalue weighted by Gasteiger charge is 2.33. The number of halogens is 1. The van der Waals surface area contributed by atoms with Gasteiger partial charge in [-0.3, -0.25) is 4.79 Å². The molecule has 0 bridgehead atoms. The number of sulfone groups is 1. The largest absolute Gasteiger partial charge is 0.356 e. The molecule has 6 nitrogen and oxygen atoms in total. The number of carbonyl (C=O) groups is 1. The summed E-state index contributed by atoms with van der Waals surface area (Å²) >= 11 is 0. The number of hydrogen-bond donors (Lipinski definition) is 0. The van der Waals surface area contributed by atoms with Crippen LogP contribution >= 0.6 is 0 Å². The van der Waals surface area contributed by atoms with Crippen LogP contribution in [0.2, 0.25) is 0 Å². The molecule has 1 aliphatic heterocycles. The minimum absolute atomic E-state index is 0.0594. The van der Waals surface area contributed by atoms with E-state index in [0.717, 1.165) is 32.2 Å². The Balaban J connectivity index is 1.32. The van der Waals surface area contributed by atoms with E-state index in [0.29, 0.717) is 36.5 Å². The Morgan fingerprint density at radius 3 is 2.54 bits per heavy atom. The van der Waals surface area contributed by atoms with E-state index in [4.69, 9.17) is 4.52 Å². The van der Waals surface area contributed by atoms with Gasteiger partial charge in [0.2, 0.25) is 0 Å². The van der Waals surface area contributed by atoms with Gasteiger partial charge in [0, 0.05) is 37.4 Å². The summed E-state index contributed by atoms with van der Waals surface area (Å²) in [6.07, 6.45) is 5.44. The average molecular weight is 408 g/mol. The molecule has 0 amide bonds. The molecule has 0 saturated carbocycles. The lowest BCUT2D eigenvalue weighted by atomic mass is 10.1. The van der Waals surface area contributed by atoms with Crippen molar-refractivity contribution in [3.05, 3.63) is 41.8 Å². The Morgan fingerprint density at radius 1 is 1.18 bits per heavy atom. The first-order chi connectivity index (χ1) is 13.3. The maximum Gasteiger partial charge on any atom is 0.184 e. The van der Waals surface area contributed by atoms with E-state index in [-0.39, 0.29) is 16.9 Å². The minimum atomic E-state index is -2.90. The molecule has 1 saturated heterocycles. The molecule has 0 aliphatic carbocycles. The molecule has 3 rings (SSSR count). The van der Waals surface area contributed by atoms with E-state index in [9.17, 15) is 17.6 Å². The Hall–Kier alpha value is -2.06. The van der Waals surface area contributed by atoms with Crippen molar-refractivity contribution in [2.45, 2.75) is 37.4 Å². The lowest BCUT2D eigenvalue weighted by Crippen LogP contribution is -2.54. The molecule has 1 aromatic heterocycles. The van der Waals surface area contributed by atoms with Crippen LogP contribution in [0.1, 0.15) is 42.6 Å². The highest BCUT2D eigenvalue weighted by molar-refractivity contribution is 7.91. The Kier molecular flexibility index (Phi) is 6.61. The number of aromatic nitrogens is 1. The van der Waals surface area contributed by atoms with Crippen LogP contribution < -0.4 is 0 Å². The predicted octanol–water partition coefficient (Wildman–Crippen LogP) is 3.34. The number of Topliss-reactive ketones (excluding diaryl/α,β-unsaturated/α-hetero) is 1. The molecule has 1 aliphatic rings. The molecular weight excluding hydrogens is 383 g/mol. The van der Waals surface area contributed by atoms with E-state index < -0.39 is 9.84 Å². The van der Waals surface area contributed by atoms with Gasteiger partial charge in [0.1, 0.15) is 11.5 Å². The molecular formula is C20H25FN2O4S. The summed E-state index contributed by atoms with van der Waals surface area (Å²) < 4.78 is 40.9. The second-order valence-corrected chi connectivity index (χ2v) is 9.71. The van der Waals surface area contributed by atoms with Crippen LogP contribution in [0.5, 0.6) is 0 Å². The van der Waals surface area contributed by atoms with Gasteiger partial charge in [-0.15, -0.1) is 0 Å². The molecule has 28 heavy (non-hydrogen) atoms. The third-order valence-corrected chi connectivity index (χ3v) is 6.59. The zero-order valence-corrected chi connectivity index (χ0v) is 16.8. The normalized spacial score (nSPS) is 15.5. The van der Waals surface area contributed by atoms with Gasteiger partial charge in [0.05, 0.1) is 5.25 Å². The van der Waals surface area contributed by atoms with Crippen LogP contribution in [-0.2, 0) is 9.84 Å². The van der Waals surface area contributed by atoms with Gasteiger partial charge in [-0.1, -0.05) is 18.0 Å². The van der Waals surface area contributed by atoms with Crippen molar-refractivity contribution in [1.82, 2.24) is 10.1 Å². The molecule has 2 aromatic rings. The first-order valence-corrected chi connectivity index (χ1v) is 11.5. The molecule has 0 atom stereocenters. The molecule has 0 spiro atoms. The first kappa shape index (κ1) is 20.7. The fourth-order valence-corrected chi connectivity index (χ4v) is 4.20. The van der Waals surface area contributed by atoms with Gasteiger partial charge >= 0.3 is 0 Å². The Morgan fingerprint density at radius 2 is 1.86 bits per heavy atom. The van der Waals surface area contributed by atoms with Crippen LogP contribution in [0.15, 0.2) is 34.9 Å². The summed E-state index contributed by atoms with van der Waals surface area (Å²) in [5.74, 6) is 0.0602. The van der Waals surface area contributed by atoms with E-state index in [1.807, 2.05) is 0 Å². The molecule has 0 N–H and O–H groups in total. The number of ketones is 1. The standard InChI is InChI=1S/C20H25FN2O4S/c1-28(25,26)17-13-23(14-17)11-5-3-2-4-6-19(24)18-12-20(27-22-18)15-7-9-16(21)10-8-15/h7-10,12,17H,2-6,11,13-14H2,1H3. The maximum atomic E-state index is 13.0. The summed E-state index contributed by atoms with van der Waals surface area (Å²) in [5, 5.41) is 3.62. The van der Waals surface area contributed by atoms with Gasteiger partial charge in [-0.05, 0) is 43.7 Å². The fourth-order valence-electron chi connectivity index (χ4n) is 3.24. The number of carbonyl (C=O) groups excluding carboxylic acids is 1. The van der Waals surface area contributed by atoms with Crippen molar-refractivity contribution in [3.63, 3.8) is 0 Å². The van der Waals surface area contributed by atoms with E-state index in [1.165, 1.54) is 18.4 Å². The summed E-state index contributed by atoms with van der Waals surface area (Å²) in [6.45, 7) is 2.18. The number of likely N-dealkylation sites (tertiary alicyclic amines) is 1. The van der Waals surface area contributed by atoms with E-state index in [1.54, 1.807) is 18.2 Å². The smallest absolute Gasteiger partial charge is 0.184 e. The molecule has 1 aromatic carbocycles. The van der Waals surface area contributed by atoms with Gasteiger partial charge < -0.3 is 9.42 Å². The van der Waals surface area contributed by atoms with Crippen LogP contribution in [-0.4, -0.2) is 55.4 Å². The summed E-state index contributed by atoms with van der Waals surface area (Å²) in [5.41, 5.74) is 0.976. The third kappa shape index (κ3) is 5.48. The van der Waals surface area contributed by atoms with Crippen LogP contribution in [0.25, 0.3) is 11.3 Å². The molecule has 2 heterocycles. The van der Waals surface area contributed by atoms with E-state index in [2.05, 4.69) is 10.1 Å². The second kappa shape index (κ2) is 8.96. The van der Waals surface area contributed by atoms with Crippen molar-refractivity contribution in [2.24, 2.45) is 0 Å². The monoisotopic (exact) mass is 408 g/mol. The fraction of sp³-hybridized carbons (Fsp3) is 0.500. The average Bonchev–Trinajstić information content (AvgIpc) is 3.08. The van der Waals surface area contributed by atoms with Crippen molar-refractivity contribution in [3.8, 4) is 11.3 Å². The zero-order valence-electron chi connectivity index (χ0n) is 15.9. The predicted molar refractivity (Wildman–Crippen MR) is 104 cm³/mol. The van der Waals surface area contributed by atoms with Gasteiger partial charge in [0.15, 0.2) is 21.4 Å². The summed E-state index contributed by atoms with van der Waals surface area (Å²) in [6, 6.07) is 7.43. The Bertz CT molecular complexity index is 903.